The molecule has 2 heterocycles. The fourth-order valence-electron chi connectivity index (χ4n) is 1.61. The number of nitrogens with zero attached hydrogens (tertiary/aromatic N) is 2. The molecule has 0 spiro atoms. The molecule has 1 N–H and O–H groups in total. The van der Waals surface area contributed by atoms with Crippen molar-refractivity contribution in [2.45, 2.75) is 0 Å². The zero-order valence-corrected chi connectivity index (χ0v) is 7.92. The van der Waals surface area contributed by atoms with E-state index in [-0.39, 0.29) is 0 Å². The van der Waals surface area contributed by atoms with E-state index in [0.717, 1.165) is 27.0 Å². The minimum Gasteiger partial charge on any atom is -0.339 e. The molecule has 0 aliphatic carbocycles. The van der Waals surface area contributed by atoms with Crippen LogP contribution in [0.25, 0.3) is 21.9 Å². The van der Waals surface area contributed by atoms with Gasteiger partial charge in [-0.1, -0.05) is 17.7 Å². The van der Waals surface area contributed by atoms with E-state index in [0.29, 0.717) is 0 Å². The number of aromatic nitrogens is 3. The predicted molar refractivity (Wildman–Crippen MR) is 56.4 cm³/mol. The molecule has 0 aliphatic heterocycles. The molecular formula is C10H6ClN3. The summed E-state index contributed by atoms with van der Waals surface area (Å²) >= 11 is 5.89. The molecule has 68 valence electrons. The van der Waals surface area contributed by atoms with Crippen LogP contribution in [0.15, 0.2) is 30.7 Å². The molecule has 3 nitrogen and oxygen atoms in total. The fraction of sp³-hybridized carbons (Fsp3) is 0. The summed E-state index contributed by atoms with van der Waals surface area (Å²) in [5, 5.41) is 2.85. The fourth-order valence-corrected chi connectivity index (χ4v) is 1.78. The Balaban J connectivity index is 2.57. The molecule has 14 heavy (non-hydrogen) atoms. The number of halogens is 1. The Labute approximate surface area is 84.7 Å². The zero-order chi connectivity index (χ0) is 9.54. The first-order chi connectivity index (χ1) is 6.84. The van der Waals surface area contributed by atoms with E-state index >= 15 is 0 Å². The van der Waals surface area contributed by atoms with E-state index in [1.165, 1.54) is 6.33 Å². The highest BCUT2D eigenvalue weighted by molar-refractivity contribution is 6.31. The summed E-state index contributed by atoms with van der Waals surface area (Å²) in [4.78, 5) is 11.3. The van der Waals surface area contributed by atoms with Gasteiger partial charge in [0.05, 0.1) is 0 Å². The van der Waals surface area contributed by atoms with Gasteiger partial charge in [0.15, 0.2) is 0 Å². The Kier molecular flexibility index (Phi) is 1.49. The molecule has 3 rings (SSSR count). The second-order valence-electron chi connectivity index (χ2n) is 3.10. The van der Waals surface area contributed by atoms with Gasteiger partial charge in [-0.2, -0.15) is 0 Å². The Hall–Kier alpha value is -1.61. The first kappa shape index (κ1) is 7.76. The van der Waals surface area contributed by atoms with Gasteiger partial charge in [0.25, 0.3) is 0 Å². The minimum atomic E-state index is 0.719. The summed E-state index contributed by atoms with van der Waals surface area (Å²) in [5.74, 6) is 0. The second-order valence-corrected chi connectivity index (χ2v) is 3.54. The van der Waals surface area contributed by atoms with Crippen LogP contribution < -0.4 is 0 Å². The van der Waals surface area contributed by atoms with Crippen molar-refractivity contribution < 1.29 is 0 Å². The lowest BCUT2D eigenvalue weighted by Gasteiger charge is -1.90. The zero-order valence-electron chi connectivity index (χ0n) is 7.16. The lowest BCUT2D eigenvalue weighted by molar-refractivity contribution is 1.21. The molecule has 2 aromatic heterocycles. The van der Waals surface area contributed by atoms with Gasteiger partial charge in [-0.3, -0.25) is 0 Å². The van der Waals surface area contributed by atoms with Crippen LogP contribution in [-0.4, -0.2) is 15.0 Å². The molecule has 0 saturated heterocycles. The van der Waals surface area contributed by atoms with Crippen LogP contribution in [-0.2, 0) is 0 Å². The predicted octanol–water partition coefficient (Wildman–Crippen LogP) is 2.76. The Bertz CT molecular complexity index is 615. The molecule has 0 saturated carbocycles. The highest BCUT2D eigenvalue weighted by atomic mass is 35.5. The third kappa shape index (κ3) is 0.992. The van der Waals surface area contributed by atoms with Gasteiger partial charge < -0.3 is 4.98 Å². The number of hydrogen-bond donors (Lipinski definition) is 1. The lowest BCUT2D eigenvalue weighted by Crippen LogP contribution is -1.75. The Morgan fingerprint density at radius 1 is 1.21 bits per heavy atom. The normalized spacial score (nSPS) is 11.2. The minimum absolute atomic E-state index is 0.719. The van der Waals surface area contributed by atoms with Crippen molar-refractivity contribution in [3.63, 3.8) is 0 Å². The van der Waals surface area contributed by atoms with Crippen molar-refractivity contribution in [2.75, 3.05) is 0 Å². The maximum atomic E-state index is 5.89. The molecule has 3 aromatic rings. The maximum absolute atomic E-state index is 5.89. The van der Waals surface area contributed by atoms with E-state index in [2.05, 4.69) is 15.0 Å². The molecule has 4 heteroatoms. The molecule has 0 radical (unpaired) electrons. The largest absolute Gasteiger partial charge is 0.339 e. The van der Waals surface area contributed by atoms with Crippen molar-refractivity contribution in [1.82, 2.24) is 15.0 Å². The molecule has 0 atom stereocenters. The van der Waals surface area contributed by atoms with Gasteiger partial charge in [-0.15, -0.1) is 0 Å². The average Bonchev–Trinajstić information content (AvgIpc) is 2.54. The van der Waals surface area contributed by atoms with Crippen LogP contribution in [0.1, 0.15) is 0 Å². The van der Waals surface area contributed by atoms with Crippen molar-refractivity contribution >= 4 is 33.5 Å². The smallest absolute Gasteiger partial charge is 0.141 e. The summed E-state index contributed by atoms with van der Waals surface area (Å²) in [7, 11) is 0. The summed E-state index contributed by atoms with van der Waals surface area (Å²) < 4.78 is 0. The summed E-state index contributed by atoms with van der Waals surface area (Å²) in [5.41, 5.74) is 1.84. The number of H-pyrrole nitrogens is 1. The molecule has 0 amide bonds. The standard InChI is InChI=1S/C10H6ClN3/c11-6-1-2-7-8-4-12-5-13-10(8)14-9(7)3-6/h1-5H,(H,12,13,14). The number of nitrogens with one attached hydrogen (secondary N) is 1. The van der Waals surface area contributed by atoms with Gasteiger partial charge >= 0.3 is 0 Å². The first-order valence-corrected chi connectivity index (χ1v) is 4.59. The molecule has 0 bridgehead atoms. The number of aromatic amines is 1. The average molecular weight is 204 g/mol. The molecule has 0 fully saturated rings. The number of hydrogen-bond acceptors (Lipinski definition) is 2. The van der Waals surface area contributed by atoms with Crippen molar-refractivity contribution in [2.24, 2.45) is 0 Å². The monoisotopic (exact) mass is 203 g/mol. The van der Waals surface area contributed by atoms with Gasteiger partial charge in [0.2, 0.25) is 0 Å². The topological polar surface area (TPSA) is 41.6 Å². The van der Waals surface area contributed by atoms with Gasteiger partial charge in [-0.05, 0) is 12.1 Å². The van der Waals surface area contributed by atoms with Crippen molar-refractivity contribution in [3.05, 3.63) is 35.7 Å². The Morgan fingerprint density at radius 3 is 3.07 bits per heavy atom. The molecule has 0 unspecified atom stereocenters. The van der Waals surface area contributed by atoms with Crippen LogP contribution in [0.4, 0.5) is 0 Å². The van der Waals surface area contributed by atoms with Gasteiger partial charge in [0, 0.05) is 27.5 Å². The van der Waals surface area contributed by atoms with E-state index in [1.807, 2.05) is 18.2 Å². The van der Waals surface area contributed by atoms with Crippen LogP contribution in [0, 0.1) is 0 Å². The molecule has 0 aliphatic rings. The molecular weight excluding hydrogens is 198 g/mol. The van der Waals surface area contributed by atoms with Crippen LogP contribution >= 0.6 is 11.6 Å². The van der Waals surface area contributed by atoms with E-state index in [4.69, 9.17) is 11.6 Å². The summed E-state index contributed by atoms with van der Waals surface area (Å²) in [6, 6.07) is 5.72. The first-order valence-electron chi connectivity index (χ1n) is 4.21. The van der Waals surface area contributed by atoms with E-state index in [1.54, 1.807) is 6.20 Å². The van der Waals surface area contributed by atoms with Gasteiger partial charge in [-0.25, -0.2) is 9.97 Å². The number of benzene rings is 1. The van der Waals surface area contributed by atoms with Crippen LogP contribution in [0.2, 0.25) is 5.02 Å². The second kappa shape index (κ2) is 2.69. The Morgan fingerprint density at radius 2 is 2.14 bits per heavy atom. The maximum Gasteiger partial charge on any atom is 0.141 e. The van der Waals surface area contributed by atoms with Gasteiger partial charge in [0.1, 0.15) is 12.0 Å². The molecule has 1 aromatic carbocycles. The third-order valence-corrected chi connectivity index (χ3v) is 2.47. The van der Waals surface area contributed by atoms with Crippen LogP contribution in [0.5, 0.6) is 0 Å². The van der Waals surface area contributed by atoms with Crippen molar-refractivity contribution in [1.29, 1.82) is 0 Å². The van der Waals surface area contributed by atoms with Crippen LogP contribution in [0.3, 0.4) is 0 Å². The third-order valence-electron chi connectivity index (χ3n) is 2.24. The van der Waals surface area contributed by atoms with E-state index in [9.17, 15) is 0 Å². The number of fused-ring (bicyclic) bond motifs is 3. The van der Waals surface area contributed by atoms with Crippen molar-refractivity contribution in [3.8, 4) is 0 Å². The highest BCUT2D eigenvalue weighted by Crippen LogP contribution is 2.25. The van der Waals surface area contributed by atoms with E-state index < -0.39 is 0 Å². The summed E-state index contributed by atoms with van der Waals surface area (Å²) in [6.07, 6.45) is 3.33. The summed E-state index contributed by atoms with van der Waals surface area (Å²) in [6.45, 7) is 0. The number of rotatable bonds is 0. The lowest BCUT2D eigenvalue weighted by atomic mass is 10.2. The highest BCUT2D eigenvalue weighted by Gasteiger charge is 2.04. The SMILES string of the molecule is Clc1ccc2c(c1)[nH]c1ncncc12. The quantitative estimate of drug-likeness (QED) is 0.611.